The molecule has 0 N–H and O–H groups in total. The summed E-state index contributed by atoms with van der Waals surface area (Å²) in [6.07, 6.45) is 3.68. The molecule has 0 aromatic carbocycles. The number of pyridine rings is 1. The molecule has 0 aliphatic carbocycles. The minimum atomic E-state index is 0.225. The zero-order valence-electron chi connectivity index (χ0n) is 9.49. The molecular formula is C12H15Cl2NO2. The second-order valence-corrected chi connectivity index (χ2v) is 4.83. The van der Waals surface area contributed by atoms with Crippen molar-refractivity contribution in [1.29, 1.82) is 0 Å². The van der Waals surface area contributed by atoms with Crippen LogP contribution >= 0.6 is 23.2 Å². The van der Waals surface area contributed by atoms with Gasteiger partial charge < -0.3 is 9.47 Å². The van der Waals surface area contributed by atoms with Crippen molar-refractivity contribution >= 4 is 23.2 Å². The van der Waals surface area contributed by atoms with E-state index < -0.39 is 0 Å². The lowest BCUT2D eigenvalue weighted by atomic mass is 10.1. The van der Waals surface area contributed by atoms with Crippen molar-refractivity contribution in [2.45, 2.75) is 32.0 Å². The van der Waals surface area contributed by atoms with Gasteiger partial charge in [0.15, 0.2) is 0 Å². The van der Waals surface area contributed by atoms with Gasteiger partial charge in [-0.25, -0.2) is 4.98 Å². The van der Waals surface area contributed by atoms with Crippen molar-refractivity contribution in [1.82, 2.24) is 4.98 Å². The standard InChI is InChI=1S/C12H15Cl2NO2/c13-11-5-4-9(12(14)15-11)7-16-8-10-3-1-2-6-17-10/h4-5,10H,1-3,6-8H2. The van der Waals surface area contributed by atoms with Gasteiger partial charge in [0.25, 0.3) is 0 Å². The molecular weight excluding hydrogens is 261 g/mol. The fraction of sp³-hybridized carbons (Fsp3) is 0.583. The van der Waals surface area contributed by atoms with E-state index in [2.05, 4.69) is 4.98 Å². The molecule has 17 heavy (non-hydrogen) atoms. The van der Waals surface area contributed by atoms with Crippen LogP contribution in [0.15, 0.2) is 12.1 Å². The van der Waals surface area contributed by atoms with Gasteiger partial charge in [0.05, 0.1) is 19.3 Å². The van der Waals surface area contributed by atoms with E-state index in [1.165, 1.54) is 6.42 Å². The molecule has 1 aromatic heterocycles. The molecule has 3 nitrogen and oxygen atoms in total. The van der Waals surface area contributed by atoms with Crippen LogP contribution in [0, 0.1) is 0 Å². The quantitative estimate of drug-likeness (QED) is 0.789. The molecule has 1 saturated heterocycles. The fourth-order valence-electron chi connectivity index (χ4n) is 1.79. The van der Waals surface area contributed by atoms with E-state index in [9.17, 15) is 0 Å². The molecule has 1 aliphatic heterocycles. The summed E-state index contributed by atoms with van der Waals surface area (Å²) in [7, 11) is 0. The lowest BCUT2D eigenvalue weighted by Gasteiger charge is -2.22. The van der Waals surface area contributed by atoms with E-state index in [1.54, 1.807) is 6.07 Å². The first-order valence-corrected chi connectivity index (χ1v) is 6.51. The summed E-state index contributed by atoms with van der Waals surface area (Å²) in [4.78, 5) is 3.96. The molecule has 0 radical (unpaired) electrons. The Balaban J connectivity index is 1.77. The minimum Gasteiger partial charge on any atom is -0.376 e. The van der Waals surface area contributed by atoms with Crippen molar-refractivity contribution in [3.8, 4) is 0 Å². The van der Waals surface area contributed by atoms with Crippen LogP contribution in [0.5, 0.6) is 0 Å². The van der Waals surface area contributed by atoms with Crippen LogP contribution in [-0.2, 0) is 16.1 Å². The van der Waals surface area contributed by atoms with Gasteiger partial charge in [-0.2, -0.15) is 0 Å². The highest BCUT2D eigenvalue weighted by Gasteiger charge is 2.14. The number of rotatable bonds is 4. The Kier molecular flexibility index (Phi) is 5.04. The van der Waals surface area contributed by atoms with Crippen LogP contribution in [0.1, 0.15) is 24.8 Å². The predicted octanol–water partition coefficient (Wildman–Crippen LogP) is 3.47. The Morgan fingerprint density at radius 1 is 1.35 bits per heavy atom. The van der Waals surface area contributed by atoms with Crippen molar-refractivity contribution < 1.29 is 9.47 Å². The Bertz CT molecular complexity index is 368. The normalized spacial score (nSPS) is 20.5. The molecule has 1 aliphatic rings. The third-order valence-corrected chi connectivity index (χ3v) is 3.27. The van der Waals surface area contributed by atoms with E-state index in [4.69, 9.17) is 32.7 Å². The fourth-order valence-corrected chi connectivity index (χ4v) is 2.19. The largest absolute Gasteiger partial charge is 0.376 e. The average molecular weight is 276 g/mol. The lowest BCUT2D eigenvalue weighted by Crippen LogP contribution is -2.24. The van der Waals surface area contributed by atoms with Gasteiger partial charge in [0, 0.05) is 12.2 Å². The average Bonchev–Trinajstić information content (AvgIpc) is 2.33. The number of hydrogen-bond donors (Lipinski definition) is 0. The maximum absolute atomic E-state index is 5.94. The minimum absolute atomic E-state index is 0.225. The number of hydrogen-bond acceptors (Lipinski definition) is 3. The SMILES string of the molecule is Clc1ccc(COCC2CCCCO2)c(Cl)n1. The molecule has 2 heterocycles. The van der Waals surface area contributed by atoms with Crippen molar-refractivity contribution in [3.05, 3.63) is 28.0 Å². The third-order valence-electron chi connectivity index (χ3n) is 2.73. The van der Waals surface area contributed by atoms with Gasteiger partial charge in [-0.1, -0.05) is 29.3 Å². The smallest absolute Gasteiger partial charge is 0.136 e. The van der Waals surface area contributed by atoms with Gasteiger partial charge in [-0.05, 0) is 25.3 Å². The Morgan fingerprint density at radius 3 is 2.94 bits per heavy atom. The first-order chi connectivity index (χ1) is 8.25. The monoisotopic (exact) mass is 275 g/mol. The Morgan fingerprint density at radius 2 is 2.24 bits per heavy atom. The van der Waals surface area contributed by atoms with E-state index in [0.29, 0.717) is 23.5 Å². The molecule has 2 rings (SSSR count). The van der Waals surface area contributed by atoms with Crippen LogP contribution in [-0.4, -0.2) is 24.3 Å². The molecule has 1 unspecified atom stereocenters. The summed E-state index contributed by atoms with van der Waals surface area (Å²) in [6, 6.07) is 3.54. The van der Waals surface area contributed by atoms with Gasteiger partial charge in [0.1, 0.15) is 10.3 Å². The Labute approximate surface area is 111 Å². The second-order valence-electron chi connectivity index (χ2n) is 4.09. The van der Waals surface area contributed by atoms with Gasteiger partial charge in [-0.3, -0.25) is 0 Å². The number of halogens is 2. The molecule has 1 atom stereocenters. The van der Waals surface area contributed by atoms with Crippen LogP contribution in [0.25, 0.3) is 0 Å². The summed E-state index contributed by atoms with van der Waals surface area (Å²) in [5.41, 5.74) is 0.854. The molecule has 0 bridgehead atoms. The van der Waals surface area contributed by atoms with Crippen LogP contribution in [0.2, 0.25) is 10.3 Å². The third kappa shape index (κ3) is 4.11. The molecule has 1 aromatic rings. The molecule has 1 fully saturated rings. The summed E-state index contributed by atoms with van der Waals surface area (Å²) in [5.74, 6) is 0. The zero-order valence-corrected chi connectivity index (χ0v) is 11.0. The summed E-state index contributed by atoms with van der Waals surface area (Å²) < 4.78 is 11.2. The second kappa shape index (κ2) is 6.55. The molecule has 0 spiro atoms. The predicted molar refractivity (Wildman–Crippen MR) is 67.5 cm³/mol. The maximum atomic E-state index is 5.94. The summed E-state index contributed by atoms with van der Waals surface area (Å²) >= 11 is 11.7. The van der Waals surface area contributed by atoms with Gasteiger partial charge in [0.2, 0.25) is 0 Å². The van der Waals surface area contributed by atoms with E-state index >= 15 is 0 Å². The first kappa shape index (κ1) is 13.1. The summed E-state index contributed by atoms with van der Waals surface area (Å²) in [6.45, 7) is 1.90. The number of nitrogens with zero attached hydrogens (tertiary/aromatic N) is 1. The van der Waals surface area contributed by atoms with Gasteiger partial charge in [-0.15, -0.1) is 0 Å². The highest BCUT2D eigenvalue weighted by Crippen LogP contribution is 2.18. The highest BCUT2D eigenvalue weighted by molar-refractivity contribution is 6.32. The molecule has 0 amide bonds. The van der Waals surface area contributed by atoms with Crippen LogP contribution in [0.3, 0.4) is 0 Å². The highest BCUT2D eigenvalue weighted by atomic mass is 35.5. The summed E-state index contributed by atoms with van der Waals surface area (Å²) in [5, 5.41) is 0.802. The molecule has 94 valence electrons. The van der Waals surface area contributed by atoms with Gasteiger partial charge >= 0.3 is 0 Å². The van der Waals surface area contributed by atoms with Crippen LogP contribution in [0.4, 0.5) is 0 Å². The maximum Gasteiger partial charge on any atom is 0.136 e. The number of ether oxygens (including phenoxy) is 2. The zero-order chi connectivity index (χ0) is 12.1. The lowest BCUT2D eigenvalue weighted by molar-refractivity contribution is -0.0447. The Hall–Kier alpha value is -0.350. The van der Waals surface area contributed by atoms with Crippen molar-refractivity contribution in [2.75, 3.05) is 13.2 Å². The van der Waals surface area contributed by atoms with E-state index in [-0.39, 0.29) is 6.10 Å². The molecule has 0 saturated carbocycles. The van der Waals surface area contributed by atoms with Crippen molar-refractivity contribution in [3.63, 3.8) is 0 Å². The van der Waals surface area contributed by atoms with E-state index in [0.717, 1.165) is 25.0 Å². The number of aromatic nitrogens is 1. The topological polar surface area (TPSA) is 31.4 Å². The molecule has 5 heteroatoms. The first-order valence-electron chi connectivity index (χ1n) is 5.76. The van der Waals surface area contributed by atoms with E-state index in [1.807, 2.05) is 6.07 Å². The van der Waals surface area contributed by atoms with Crippen LogP contribution < -0.4 is 0 Å². The van der Waals surface area contributed by atoms with Crippen molar-refractivity contribution in [2.24, 2.45) is 0 Å².